The normalized spacial score (nSPS) is 11.0. The van der Waals surface area contributed by atoms with Crippen molar-refractivity contribution < 1.29 is 0 Å². The van der Waals surface area contributed by atoms with Crippen molar-refractivity contribution in [2.24, 2.45) is 7.05 Å². The van der Waals surface area contributed by atoms with Crippen LogP contribution in [0.3, 0.4) is 0 Å². The lowest BCUT2D eigenvalue weighted by Gasteiger charge is -1.96. The van der Waals surface area contributed by atoms with Crippen LogP contribution >= 0.6 is 11.6 Å². The van der Waals surface area contributed by atoms with Gasteiger partial charge in [-0.1, -0.05) is 23.7 Å². The van der Waals surface area contributed by atoms with Crippen molar-refractivity contribution in [1.29, 1.82) is 0 Å². The van der Waals surface area contributed by atoms with Crippen LogP contribution in [0.2, 0.25) is 5.02 Å². The number of aryl methyl sites for hydroxylation is 1. The van der Waals surface area contributed by atoms with Crippen LogP contribution in [0, 0.1) is 0 Å². The van der Waals surface area contributed by atoms with E-state index in [0.717, 1.165) is 11.3 Å². The zero-order valence-electron chi connectivity index (χ0n) is 9.67. The Labute approximate surface area is 108 Å². The molecule has 0 spiro atoms. The topological polar surface area (TPSA) is 39.3 Å². The average molecular weight is 260 g/mol. The SMILES string of the molecule is Cn1ccn2nc(-c3ccc(Cl)cc3)cc2c1=O. The third-order valence-corrected chi connectivity index (χ3v) is 3.10. The molecule has 0 amide bonds. The van der Waals surface area contributed by atoms with E-state index >= 15 is 0 Å². The third kappa shape index (κ3) is 1.71. The first-order valence-electron chi connectivity index (χ1n) is 5.46. The quantitative estimate of drug-likeness (QED) is 0.673. The molecule has 5 heteroatoms. The summed E-state index contributed by atoms with van der Waals surface area (Å²) in [6, 6.07) is 9.16. The number of nitrogens with zero attached hydrogens (tertiary/aromatic N) is 3. The summed E-state index contributed by atoms with van der Waals surface area (Å²) in [5, 5.41) is 5.05. The molecule has 0 aliphatic rings. The van der Waals surface area contributed by atoms with Gasteiger partial charge in [0.2, 0.25) is 0 Å². The summed E-state index contributed by atoms with van der Waals surface area (Å²) in [5.41, 5.74) is 2.19. The second kappa shape index (κ2) is 3.99. The largest absolute Gasteiger partial charge is 0.315 e. The zero-order valence-corrected chi connectivity index (χ0v) is 10.4. The molecule has 0 atom stereocenters. The van der Waals surface area contributed by atoms with Crippen molar-refractivity contribution in [3.8, 4) is 11.3 Å². The van der Waals surface area contributed by atoms with Gasteiger partial charge in [-0.3, -0.25) is 4.79 Å². The van der Waals surface area contributed by atoms with E-state index < -0.39 is 0 Å². The molecule has 0 aliphatic heterocycles. The van der Waals surface area contributed by atoms with E-state index in [0.29, 0.717) is 10.5 Å². The van der Waals surface area contributed by atoms with Gasteiger partial charge in [-0.2, -0.15) is 5.10 Å². The van der Waals surface area contributed by atoms with E-state index in [1.807, 2.05) is 12.1 Å². The summed E-state index contributed by atoms with van der Waals surface area (Å²) in [5.74, 6) is 0. The molecule has 2 aromatic heterocycles. The van der Waals surface area contributed by atoms with Crippen molar-refractivity contribution in [3.05, 3.63) is 58.1 Å². The summed E-state index contributed by atoms with van der Waals surface area (Å²) < 4.78 is 3.12. The lowest BCUT2D eigenvalue weighted by molar-refractivity contribution is 0.821. The van der Waals surface area contributed by atoms with Crippen LogP contribution in [-0.2, 0) is 7.05 Å². The number of rotatable bonds is 1. The molecular weight excluding hydrogens is 250 g/mol. The Morgan fingerprint density at radius 3 is 2.61 bits per heavy atom. The minimum atomic E-state index is -0.0646. The monoisotopic (exact) mass is 259 g/mol. The smallest absolute Gasteiger partial charge is 0.276 e. The van der Waals surface area contributed by atoms with Crippen LogP contribution in [0.25, 0.3) is 16.8 Å². The minimum Gasteiger partial charge on any atom is -0.315 e. The van der Waals surface area contributed by atoms with Crippen molar-refractivity contribution in [3.63, 3.8) is 0 Å². The molecule has 4 nitrogen and oxygen atoms in total. The number of benzene rings is 1. The summed E-state index contributed by atoms with van der Waals surface area (Å²) in [6.07, 6.45) is 3.45. The molecule has 0 aliphatic carbocycles. The van der Waals surface area contributed by atoms with E-state index in [1.54, 1.807) is 42.2 Å². The van der Waals surface area contributed by atoms with E-state index in [9.17, 15) is 4.79 Å². The first kappa shape index (κ1) is 11.0. The van der Waals surface area contributed by atoms with Gasteiger partial charge in [-0.25, -0.2) is 4.52 Å². The maximum Gasteiger partial charge on any atom is 0.276 e. The molecule has 1 aromatic carbocycles. The Morgan fingerprint density at radius 1 is 1.17 bits per heavy atom. The molecule has 0 radical (unpaired) electrons. The molecule has 3 rings (SSSR count). The van der Waals surface area contributed by atoms with Crippen molar-refractivity contribution in [2.75, 3.05) is 0 Å². The van der Waals surface area contributed by atoms with Crippen LogP contribution < -0.4 is 5.56 Å². The molecule has 90 valence electrons. The molecule has 0 bridgehead atoms. The summed E-state index contributed by atoms with van der Waals surface area (Å²) in [6.45, 7) is 0. The van der Waals surface area contributed by atoms with E-state index in [4.69, 9.17) is 11.6 Å². The van der Waals surface area contributed by atoms with Gasteiger partial charge in [0, 0.05) is 30.0 Å². The van der Waals surface area contributed by atoms with Gasteiger partial charge >= 0.3 is 0 Å². The Bertz CT molecular complexity index is 771. The van der Waals surface area contributed by atoms with Gasteiger partial charge in [0.1, 0.15) is 5.52 Å². The minimum absolute atomic E-state index is 0.0646. The molecule has 0 N–H and O–H groups in total. The van der Waals surface area contributed by atoms with Crippen LogP contribution in [-0.4, -0.2) is 14.2 Å². The Balaban J connectivity index is 2.22. The van der Waals surface area contributed by atoms with Gasteiger partial charge < -0.3 is 4.57 Å². The first-order valence-corrected chi connectivity index (χ1v) is 5.84. The fourth-order valence-corrected chi connectivity index (χ4v) is 1.97. The lowest BCUT2D eigenvalue weighted by atomic mass is 10.1. The first-order chi connectivity index (χ1) is 8.65. The van der Waals surface area contributed by atoms with Crippen LogP contribution in [0.5, 0.6) is 0 Å². The Morgan fingerprint density at radius 2 is 1.89 bits per heavy atom. The second-order valence-electron chi connectivity index (χ2n) is 4.08. The molecule has 18 heavy (non-hydrogen) atoms. The molecule has 0 unspecified atom stereocenters. The lowest BCUT2D eigenvalue weighted by Crippen LogP contribution is -2.17. The molecule has 3 aromatic rings. The van der Waals surface area contributed by atoms with Crippen molar-refractivity contribution in [2.45, 2.75) is 0 Å². The van der Waals surface area contributed by atoms with E-state index in [1.165, 1.54) is 4.57 Å². The highest BCUT2D eigenvalue weighted by molar-refractivity contribution is 6.30. The van der Waals surface area contributed by atoms with Crippen LogP contribution in [0.1, 0.15) is 0 Å². The second-order valence-corrected chi connectivity index (χ2v) is 4.52. The van der Waals surface area contributed by atoms with Crippen LogP contribution in [0.4, 0.5) is 0 Å². The molecule has 2 heterocycles. The Hall–Kier alpha value is -2.07. The van der Waals surface area contributed by atoms with Crippen molar-refractivity contribution in [1.82, 2.24) is 14.2 Å². The van der Waals surface area contributed by atoms with Gasteiger partial charge in [0.15, 0.2) is 0 Å². The van der Waals surface area contributed by atoms with Crippen molar-refractivity contribution >= 4 is 17.1 Å². The predicted octanol–water partition coefficient (Wildman–Crippen LogP) is 2.35. The van der Waals surface area contributed by atoms with Gasteiger partial charge in [-0.15, -0.1) is 0 Å². The standard InChI is InChI=1S/C13H10ClN3O/c1-16-6-7-17-12(13(16)18)8-11(15-17)9-2-4-10(14)5-3-9/h2-8H,1H3. The van der Waals surface area contributed by atoms with E-state index in [-0.39, 0.29) is 5.56 Å². The number of fused-ring (bicyclic) bond motifs is 1. The predicted molar refractivity (Wildman–Crippen MR) is 70.9 cm³/mol. The fourth-order valence-electron chi connectivity index (χ4n) is 1.84. The highest BCUT2D eigenvalue weighted by atomic mass is 35.5. The number of hydrogen-bond acceptors (Lipinski definition) is 2. The number of halogens is 1. The van der Waals surface area contributed by atoms with Gasteiger partial charge in [-0.05, 0) is 18.2 Å². The van der Waals surface area contributed by atoms with Gasteiger partial charge in [0.05, 0.1) is 5.69 Å². The maximum atomic E-state index is 11.9. The molecule has 0 fully saturated rings. The van der Waals surface area contributed by atoms with Gasteiger partial charge in [0.25, 0.3) is 5.56 Å². The Kier molecular flexibility index (Phi) is 2.45. The summed E-state index contributed by atoms with van der Waals surface area (Å²) >= 11 is 5.84. The number of hydrogen-bond donors (Lipinski definition) is 0. The summed E-state index contributed by atoms with van der Waals surface area (Å²) in [7, 11) is 1.72. The maximum absolute atomic E-state index is 11.9. The molecule has 0 saturated heterocycles. The highest BCUT2D eigenvalue weighted by Gasteiger charge is 2.07. The molecule has 0 saturated carbocycles. The molecular formula is C13H10ClN3O. The van der Waals surface area contributed by atoms with E-state index in [2.05, 4.69) is 5.10 Å². The zero-order chi connectivity index (χ0) is 12.7. The average Bonchev–Trinajstić information content (AvgIpc) is 2.80. The number of aromatic nitrogens is 3. The fraction of sp³-hybridized carbons (Fsp3) is 0.0769. The highest BCUT2D eigenvalue weighted by Crippen LogP contribution is 2.20. The third-order valence-electron chi connectivity index (χ3n) is 2.85. The summed E-state index contributed by atoms with van der Waals surface area (Å²) in [4.78, 5) is 11.9. The van der Waals surface area contributed by atoms with Crippen LogP contribution in [0.15, 0.2) is 47.5 Å².